The first-order chi connectivity index (χ1) is 17.3. The number of aromatic nitrogens is 2. The van der Waals surface area contributed by atoms with E-state index in [4.69, 9.17) is 0 Å². The molecule has 3 aromatic rings. The SMILES string of the molecule is CC1(C)C(=O)NC(=O)N1CCNc1nccc(-c2cc3cc(NC(=O)C4=CCCCC4)ccc3s2)n1. The standard InChI is InChI=1S/C26H28N6O3S/c1-26(2)23(34)31-25(35)32(26)13-12-28-24-27-11-10-19(30-24)21-15-17-14-18(8-9-20(17)36-21)29-22(33)16-6-4-3-5-7-16/h6,8-11,14-15H,3-5,7,12-13H2,1-2H3,(H,29,33)(H,27,28,30)(H,31,34,35). The molecule has 0 bridgehead atoms. The molecule has 10 heteroatoms. The maximum Gasteiger partial charge on any atom is 0.325 e. The molecule has 3 heterocycles. The Bertz CT molecular complexity index is 1380. The molecule has 186 valence electrons. The minimum atomic E-state index is -0.885. The van der Waals surface area contributed by atoms with Gasteiger partial charge in [0.25, 0.3) is 11.8 Å². The van der Waals surface area contributed by atoms with Crippen LogP contribution in [0.1, 0.15) is 39.5 Å². The van der Waals surface area contributed by atoms with Crippen LogP contribution in [-0.4, -0.2) is 51.3 Å². The average molecular weight is 505 g/mol. The summed E-state index contributed by atoms with van der Waals surface area (Å²) in [5.74, 6) is 0.127. The van der Waals surface area contributed by atoms with Gasteiger partial charge in [0.2, 0.25) is 5.95 Å². The van der Waals surface area contributed by atoms with Crippen LogP contribution in [0, 0.1) is 0 Å². The summed E-state index contributed by atoms with van der Waals surface area (Å²) in [6.45, 7) is 4.18. The maximum absolute atomic E-state index is 12.6. The lowest BCUT2D eigenvalue weighted by molar-refractivity contribution is -0.125. The number of benzene rings is 1. The molecule has 2 aromatic heterocycles. The molecule has 1 saturated heterocycles. The van der Waals surface area contributed by atoms with Crippen molar-refractivity contribution in [1.82, 2.24) is 20.2 Å². The number of urea groups is 1. The van der Waals surface area contributed by atoms with E-state index in [0.29, 0.717) is 19.0 Å². The molecule has 0 radical (unpaired) electrons. The van der Waals surface area contributed by atoms with Crippen molar-refractivity contribution in [3.05, 3.63) is 48.2 Å². The van der Waals surface area contributed by atoms with Gasteiger partial charge in [-0.2, -0.15) is 0 Å². The van der Waals surface area contributed by atoms with Crippen LogP contribution in [-0.2, 0) is 9.59 Å². The Morgan fingerprint density at radius 2 is 2.06 bits per heavy atom. The van der Waals surface area contributed by atoms with E-state index in [2.05, 4.69) is 32.0 Å². The average Bonchev–Trinajstić information content (AvgIpc) is 3.38. The number of carbonyl (C=O) groups is 3. The van der Waals surface area contributed by atoms with Gasteiger partial charge in [0.05, 0.1) is 10.6 Å². The minimum absolute atomic E-state index is 0.0183. The molecule has 1 fully saturated rings. The van der Waals surface area contributed by atoms with Gasteiger partial charge in [0.15, 0.2) is 0 Å². The van der Waals surface area contributed by atoms with Gasteiger partial charge in [-0.15, -0.1) is 11.3 Å². The Morgan fingerprint density at radius 3 is 2.81 bits per heavy atom. The summed E-state index contributed by atoms with van der Waals surface area (Å²) < 4.78 is 1.10. The normalized spacial score (nSPS) is 17.2. The van der Waals surface area contributed by atoms with Crippen molar-refractivity contribution >= 4 is 50.9 Å². The summed E-state index contributed by atoms with van der Waals surface area (Å²) in [7, 11) is 0. The van der Waals surface area contributed by atoms with Gasteiger partial charge in [-0.3, -0.25) is 14.9 Å². The number of nitrogens with one attached hydrogen (secondary N) is 3. The number of hydrogen-bond acceptors (Lipinski definition) is 7. The number of thiophene rings is 1. The monoisotopic (exact) mass is 504 g/mol. The number of hydrogen-bond donors (Lipinski definition) is 3. The fraction of sp³-hybridized carbons (Fsp3) is 0.346. The highest BCUT2D eigenvalue weighted by atomic mass is 32.1. The van der Waals surface area contributed by atoms with Gasteiger partial charge in [-0.25, -0.2) is 14.8 Å². The molecule has 3 N–H and O–H groups in total. The Kier molecular flexibility index (Phi) is 6.44. The van der Waals surface area contributed by atoms with E-state index in [-0.39, 0.29) is 11.8 Å². The second-order valence-corrected chi connectivity index (χ2v) is 10.5. The van der Waals surface area contributed by atoms with E-state index >= 15 is 0 Å². The van der Waals surface area contributed by atoms with Crippen LogP contribution < -0.4 is 16.0 Å². The molecule has 1 aliphatic carbocycles. The predicted molar refractivity (Wildman–Crippen MR) is 141 cm³/mol. The minimum Gasteiger partial charge on any atom is -0.352 e. The molecule has 1 aromatic carbocycles. The van der Waals surface area contributed by atoms with Gasteiger partial charge in [-0.05, 0) is 75.2 Å². The zero-order chi connectivity index (χ0) is 25.3. The van der Waals surface area contributed by atoms with Crippen LogP contribution in [0.2, 0.25) is 0 Å². The lowest BCUT2D eigenvalue weighted by atomic mass is 9.99. The first-order valence-electron chi connectivity index (χ1n) is 12.1. The fourth-order valence-electron chi connectivity index (χ4n) is 4.44. The summed E-state index contributed by atoms with van der Waals surface area (Å²) in [6.07, 6.45) is 7.75. The number of nitrogens with zero attached hydrogens (tertiary/aromatic N) is 3. The third kappa shape index (κ3) is 4.81. The summed E-state index contributed by atoms with van der Waals surface area (Å²) in [6, 6.07) is 9.45. The van der Waals surface area contributed by atoms with Crippen molar-refractivity contribution in [2.75, 3.05) is 23.7 Å². The Labute approximate surface area is 213 Å². The van der Waals surface area contributed by atoms with E-state index < -0.39 is 11.6 Å². The highest BCUT2D eigenvalue weighted by molar-refractivity contribution is 7.22. The van der Waals surface area contributed by atoms with Crippen molar-refractivity contribution in [3.63, 3.8) is 0 Å². The number of fused-ring (bicyclic) bond motifs is 1. The predicted octanol–water partition coefficient (Wildman–Crippen LogP) is 4.54. The Balaban J connectivity index is 1.26. The Hall–Kier alpha value is -3.79. The van der Waals surface area contributed by atoms with Crippen molar-refractivity contribution in [3.8, 4) is 10.6 Å². The number of anilines is 2. The zero-order valence-corrected chi connectivity index (χ0v) is 21.1. The van der Waals surface area contributed by atoms with Gasteiger partial charge in [0.1, 0.15) is 5.54 Å². The molecule has 4 amide bonds. The van der Waals surface area contributed by atoms with Crippen LogP contribution in [0.15, 0.2) is 48.2 Å². The fourth-order valence-corrected chi connectivity index (χ4v) is 5.45. The lowest BCUT2D eigenvalue weighted by Gasteiger charge is -2.27. The van der Waals surface area contributed by atoms with E-state index in [1.165, 1.54) is 4.90 Å². The van der Waals surface area contributed by atoms with Crippen molar-refractivity contribution < 1.29 is 14.4 Å². The molecule has 5 rings (SSSR count). The smallest absolute Gasteiger partial charge is 0.325 e. The molecular weight excluding hydrogens is 476 g/mol. The van der Waals surface area contributed by atoms with Crippen LogP contribution in [0.3, 0.4) is 0 Å². The third-order valence-electron chi connectivity index (χ3n) is 6.58. The van der Waals surface area contributed by atoms with Crippen LogP contribution in [0.5, 0.6) is 0 Å². The van der Waals surface area contributed by atoms with E-state index in [1.54, 1.807) is 31.4 Å². The molecule has 9 nitrogen and oxygen atoms in total. The highest BCUT2D eigenvalue weighted by Gasteiger charge is 2.45. The van der Waals surface area contributed by atoms with Gasteiger partial charge < -0.3 is 15.5 Å². The largest absolute Gasteiger partial charge is 0.352 e. The van der Waals surface area contributed by atoms with E-state index in [0.717, 1.165) is 57.6 Å². The molecule has 0 unspecified atom stereocenters. The molecular formula is C26H28N6O3S. The molecule has 0 atom stereocenters. The Morgan fingerprint density at radius 1 is 1.19 bits per heavy atom. The topological polar surface area (TPSA) is 116 Å². The van der Waals surface area contributed by atoms with Crippen molar-refractivity contribution in [2.24, 2.45) is 0 Å². The van der Waals surface area contributed by atoms with Gasteiger partial charge >= 0.3 is 6.03 Å². The molecule has 0 spiro atoms. The van der Waals surface area contributed by atoms with E-state index in [9.17, 15) is 14.4 Å². The summed E-state index contributed by atoms with van der Waals surface area (Å²) >= 11 is 1.62. The number of allylic oxidation sites excluding steroid dienone is 1. The molecule has 2 aliphatic rings. The van der Waals surface area contributed by atoms with Crippen molar-refractivity contribution in [1.29, 1.82) is 0 Å². The summed E-state index contributed by atoms with van der Waals surface area (Å²) in [5.41, 5.74) is 1.54. The molecule has 36 heavy (non-hydrogen) atoms. The lowest BCUT2D eigenvalue weighted by Crippen LogP contribution is -2.46. The number of rotatable bonds is 7. The summed E-state index contributed by atoms with van der Waals surface area (Å²) in [5, 5.41) is 9.55. The number of imide groups is 1. The first kappa shape index (κ1) is 23.9. The second kappa shape index (κ2) is 9.69. The van der Waals surface area contributed by atoms with Crippen LogP contribution in [0.25, 0.3) is 20.7 Å². The highest BCUT2D eigenvalue weighted by Crippen LogP contribution is 2.34. The van der Waals surface area contributed by atoms with E-state index in [1.807, 2.05) is 30.3 Å². The quantitative estimate of drug-likeness (QED) is 0.407. The maximum atomic E-state index is 12.6. The van der Waals surface area contributed by atoms with Gasteiger partial charge in [0, 0.05) is 35.2 Å². The van der Waals surface area contributed by atoms with Crippen LogP contribution >= 0.6 is 11.3 Å². The van der Waals surface area contributed by atoms with Gasteiger partial charge in [-0.1, -0.05) is 6.08 Å². The second-order valence-electron chi connectivity index (χ2n) is 9.45. The zero-order valence-electron chi connectivity index (χ0n) is 20.3. The van der Waals surface area contributed by atoms with Crippen LogP contribution in [0.4, 0.5) is 16.4 Å². The first-order valence-corrected chi connectivity index (χ1v) is 12.9. The molecule has 1 aliphatic heterocycles. The number of carbonyl (C=O) groups excluding carboxylic acids is 3. The molecule has 0 saturated carbocycles. The number of amides is 4. The summed E-state index contributed by atoms with van der Waals surface area (Å²) in [4.78, 5) is 47.9. The van der Waals surface area contributed by atoms with Crippen molar-refractivity contribution in [2.45, 2.75) is 45.1 Å². The third-order valence-corrected chi connectivity index (χ3v) is 7.72.